The third-order valence-corrected chi connectivity index (χ3v) is 2.87. The predicted octanol–water partition coefficient (Wildman–Crippen LogP) is 5.69. The Bertz CT molecular complexity index is 144. The minimum atomic E-state index is 1.10. The Kier molecular flexibility index (Phi) is 11.6. The van der Waals surface area contributed by atoms with E-state index in [9.17, 15) is 0 Å². The van der Waals surface area contributed by atoms with Gasteiger partial charge in [-0.2, -0.15) is 0 Å². The van der Waals surface area contributed by atoms with Crippen LogP contribution in [-0.4, -0.2) is 0 Å². The van der Waals surface area contributed by atoms with Crippen LogP contribution >= 0.6 is 0 Å². The standard InChI is InChI=1S/C15H29/c1-4-6-8-10-12-14-15(3)13-11-9-7-5-2/h14H,2,4-13H2,1,3H3. The Balaban J connectivity index is 3.27. The van der Waals surface area contributed by atoms with Crippen molar-refractivity contribution in [2.75, 3.05) is 0 Å². The van der Waals surface area contributed by atoms with Crippen LogP contribution in [-0.2, 0) is 0 Å². The highest BCUT2D eigenvalue weighted by Gasteiger charge is 1.91. The second-order valence-corrected chi connectivity index (χ2v) is 4.56. The summed E-state index contributed by atoms with van der Waals surface area (Å²) in [6, 6.07) is 0. The Hall–Kier alpha value is -0.260. The molecule has 0 heterocycles. The lowest BCUT2D eigenvalue weighted by atomic mass is 10.1. The Morgan fingerprint density at radius 2 is 1.73 bits per heavy atom. The van der Waals surface area contributed by atoms with Crippen LogP contribution < -0.4 is 0 Å². The van der Waals surface area contributed by atoms with Crippen molar-refractivity contribution >= 4 is 0 Å². The average Bonchev–Trinajstić information content (AvgIpc) is 2.24. The van der Waals surface area contributed by atoms with Crippen molar-refractivity contribution in [2.45, 2.75) is 78.1 Å². The van der Waals surface area contributed by atoms with E-state index in [0.717, 1.165) is 6.42 Å². The van der Waals surface area contributed by atoms with Crippen LogP contribution in [0, 0.1) is 6.92 Å². The van der Waals surface area contributed by atoms with E-state index in [1.54, 1.807) is 5.57 Å². The zero-order valence-electron chi connectivity index (χ0n) is 10.9. The van der Waals surface area contributed by atoms with Crippen LogP contribution in [0.1, 0.15) is 78.1 Å². The largest absolute Gasteiger partial charge is 0.0856 e. The molecule has 0 fully saturated rings. The minimum Gasteiger partial charge on any atom is -0.0856 e. The van der Waals surface area contributed by atoms with Crippen molar-refractivity contribution in [1.29, 1.82) is 0 Å². The molecular weight excluding hydrogens is 180 g/mol. The van der Waals surface area contributed by atoms with Crippen LogP contribution in [0.15, 0.2) is 11.6 Å². The van der Waals surface area contributed by atoms with Gasteiger partial charge >= 0.3 is 0 Å². The number of unbranched alkanes of at least 4 members (excludes halogenated alkanes) is 7. The van der Waals surface area contributed by atoms with E-state index >= 15 is 0 Å². The topological polar surface area (TPSA) is 0 Å². The number of allylic oxidation sites excluding steroid dienone is 2. The van der Waals surface area contributed by atoms with Gasteiger partial charge in [0.25, 0.3) is 0 Å². The second-order valence-electron chi connectivity index (χ2n) is 4.56. The molecule has 0 aliphatic rings. The molecule has 0 aromatic heterocycles. The van der Waals surface area contributed by atoms with Crippen molar-refractivity contribution in [1.82, 2.24) is 0 Å². The molecule has 0 bridgehead atoms. The molecule has 0 aliphatic carbocycles. The van der Waals surface area contributed by atoms with Crippen LogP contribution in [0.25, 0.3) is 0 Å². The number of rotatable bonds is 10. The van der Waals surface area contributed by atoms with Crippen molar-refractivity contribution in [3.8, 4) is 0 Å². The molecule has 0 amide bonds. The van der Waals surface area contributed by atoms with E-state index in [2.05, 4.69) is 26.8 Å². The molecule has 15 heavy (non-hydrogen) atoms. The van der Waals surface area contributed by atoms with Gasteiger partial charge in [-0.3, -0.25) is 0 Å². The normalized spacial score (nSPS) is 12.1. The summed E-state index contributed by atoms with van der Waals surface area (Å²) in [4.78, 5) is 0. The molecule has 0 atom stereocenters. The lowest BCUT2D eigenvalue weighted by molar-refractivity contribution is 0.664. The second kappa shape index (κ2) is 11.8. The first-order valence-electron chi connectivity index (χ1n) is 6.76. The summed E-state index contributed by atoms with van der Waals surface area (Å²) < 4.78 is 0. The molecule has 0 N–H and O–H groups in total. The van der Waals surface area contributed by atoms with Crippen LogP contribution in [0.3, 0.4) is 0 Å². The molecule has 0 nitrogen and oxygen atoms in total. The number of hydrogen-bond donors (Lipinski definition) is 0. The highest BCUT2D eigenvalue weighted by atomic mass is 14.0. The summed E-state index contributed by atoms with van der Waals surface area (Å²) in [6.07, 6.45) is 15.7. The lowest BCUT2D eigenvalue weighted by Gasteiger charge is -2.01. The molecule has 0 saturated heterocycles. The summed E-state index contributed by atoms with van der Waals surface area (Å²) >= 11 is 0. The van der Waals surface area contributed by atoms with Gasteiger partial charge in [-0.1, -0.05) is 64.0 Å². The molecule has 1 radical (unpaired) electrons. The summed E-state index contributed by atoms with van der Waals surface area (Å²) in [5.41, 5.74) is 1.59. The van der Waals surface area contributed by atoms with Crippen LogP contribution in [0.5, 0.6) is 0 Å². The maximum absolute atomic E-state index is 3.87. The fourth-order valence-electron chi connectivity index (χ4n) is 1.78. The molecule has 0 spiro atoms. The Morgan fingerprint density at radius 1 is 1.00 bits per heavy atom. The molecule has 89 valence electrons. The Morgan fingerprint density at radius 3 is 2.40 bits per heavy atom. The van der Waals surface area contributed by atoms with E-state index in [0.29, 0.717) is 0 Å². The highest BCUT2D eigenvalue weighted by Crippen LogP contribution is 2.11. The van der Waals surface area contributed by atoms with Gasteiger partial charge in [0.1, 0.15) is 0 Å². The molecule has 0 aliphatic heterocycles. The molecule has 0 aromatic carbocycles. The van der Waals surface area contributed by atoms with Crippen LogP contribution in [0.4, 0.5) is 0 Å². The van der Waals surface area contributed by atoms with Crippen molar-refractivity contribution in [2.24, 2.45) is 0 Å². The molecule has 0 saturated carbocycles. The summed E-state index contributed by atoms with van der Waals surface area (Å²) in [5, 5.41) is 0. The van der Waals surface area contributed by atoms with E-state index in [-0.39, 0.29) is 0 Å². The fraction of sp³-hybridized carbons (Fsp3) is 0.800. The number of hydrogen-bond acceptors (Lipinski definition) is 0. The quantitative estimate of drug-likeness (QED) is 0.320. The van der Waals surface area contributed by atoms with Gasteiger partial charge in [0, 0.05) is 0 Å². The van der Waals surface area contributed by atoms with E-state index in [1.165, 1.54) is 57.8 Å². The van der Waals surface area contributed by atoms with Gasteiger partial charge in [-0.25, -0.2) is 0 Å². The fourth-order valence-corrected chi connectivity index (χ4v) is 1.78. The third-order valence-electron chi connectivity index (χ3n) is 2.87. The summed E-state index contributed by atoms with van der Waals surface area (Å²) in [7, 11) is 0. The van der Waals surface area contributed by atoms with Crippen molar-refractivity contribution < 1.29 is 0 Å². The first-order chi connectivity index (χ1) is 7.31. The van der Waals surface area contributed by atoms with Gasteiger partial charge in [0.15, 0.2) is 0 Å². The first kappa shape index (κ1) is 14.7. The van der Waals surface area contributed by atoms with E-state index in [1.807, 2.05) is 0 Å². The van der Waals surface area contributed by atoms with E-state index in [4.69, 9.17) is 0 Å². The van der Waals surface area contributed by atoms with Crippen molar-refractivity contribution in [3.63, 3.8) is 0 Å². The SMILES string of the molecule is [CH2]CCCCCC(C)=CCCCCCC. The molecule has 0 rings (SSSR count). The maximum atomic E-state index is 3.87. The summed E-state index contributed by atoms with van der Waals surface area (Å²) in [5.74, 6) is 0. The zero-order valence-corrected chi connectivity index (χ0v) is 10.9. The highest BCUT2D eigenvalue weighted by molar-refractivity contribution is 4.97. The molecular formula is C15H29. The molecule has 0 heteroatoms. The van der Waals surface area contributed by atoms with Gasteiger partial charge < -0.3 is 0 Å². The maximum Gasteiger partial charge on any atom is -0.0323 e. The van der Waals surface area contributed by atoms with Crippen LogP contribution in [0.2, 0.25) is 0 Å². The van der Waals surface area contributed by atoms with Gasteiger partial charge in [0.2, 0.25) is 0 Å². The van der Waals surface area contributed by atoms with E-state index < -0.39 is 0 Å². The molecule has 0 aromatic rings. The van der Waals surface area contributed by atoms with Gasteiger partial charge in [0.05, 0.1) is 0 Å². The van der Waals surface area contributed by atoms with Crippen molar-refractivity contribution in [3.05, 3.63) is 18.6 Å². The monoisotopic (exact) mass is 209 g/mol. The smallest absolute Gasteiger partial charge is 0.0323 e. The molecule has 0 unspecified atom stereocenters. The first-order valence-corrected chi connectivity index (χ1v) is 6.76. The Labute approximate surface area is 97.2 Å². The minimum absolute atomic E-state index is 1.10. The third kappa shape index (κ3) is 11.7. The predicted molar refractivity (Wildman–Crippen MR) is 71.0 cm³/mol. The zero-order chi connectivity index (χ0) is 11.4. The van der Waals surface area contributed by atoms with Gasteiger partial charge in [-0.15, -0.1) is 0 Å². The van der Waals surface area contributed by atoms with Gasteiger partial charge in [-0.05, 0) is 32.6 Å². The lowest BCUT2D eigenvalue weighted by Crippen LogP contribution is -1.81. The average molecular weight is 209 g/mol. The summed E-state index contributed by atoms with van der Waals surface area (Å²) in [6.45, 7) is 8.42.